The molecule has 0 radical (unpaired) electrons. The molecule has 1 N–H and O–H groups in total. The maximum atomic E-state index is 13.3. The molecule has 2 aromatic rings. The van der Waals surface area contributed by atoms with Crippen LogP contribution in [0.3, 0.4) is 0 Å². The zero-order chi connectivity index (χ0) is 16.9. The number of rotatable bonds is 5. The zero-order valence-corrected chi connectivity index (χ0v) is 14.5. The molecule has 1 unspecified atom stereocenters. The third-order valence-electron chi connectivity index (χ3n) is 4.95. The van der Waals surface area contributed by atoms with Crippen molar-refractivity contribution in [3.8, 4) is 0 Å². The largest absolute Gasteiger partial charge is 0.371 e. The minimum atomic E-state index is -0.157. The van der Waals surface area contributed by atoms with Gasteiger partial charge in [-0.15, -0.1) is 0 Å². The number of nitrogens with one attached hydrogen (secondary N) is 1. The highest BCUT2D eigenvalue weighted by molar-refractivity contribution is 5.53. The lowest BCUT2D eigenvalue weighted by atomic mass is 9.99. The van der Waals surface area contributed by atoms with Gasteiger partial charge >= 0.3 is 0 Å². The Balaban J connectivity index is 1.58. The second-order valence-electron chi connectivity index (χ2n) is 6.60. The van der Waals surface area contributed by atoms with E-state index >= 15 is 0 Å². The van der Waals surface area contributed by atoms with Gasteiger partial charge in [0.15, 0.2) is 0 Å². The molecule has 3 nitrogen and oxygen atoms in total. The summed E-state index contributed by atoms with van der Waals surface area (Å²) in [5.74, 6) is -0.157. The Morgan fingerprint density at radius 2 is 1.92 bits per heavy atom. The van der Waals surface area contributed by atoms with Crippen LogP contribution in [0, 0.1) is 12.7 Å². The second-order valence-corrected chi connectivity index (χ2v) is 6.60. The van der Waals surface area contributed by atoms with Crippen molar-refractivity contribution in [1.29, 1.82) is 0 Å². The molecular formula is C20H26FN3. The molecule has 3 rings (SSSR count). The molecule has 0 bridgehead atoms. The van der Waals surface area contributed by atoms with E-state index in [-0.39, 0.29) is 5.82 Å². The predicted octanol–water partition coefficient (Wildman–Crippen LogP) is 4.24. The lowest BCUT2D eigenvalue weighted by molar-refractivity contribution is 0.364. The van der Waals surface area contributed by atoms with E-state index < -0.39 is 0 Å². The molecule has 4 heteroatoms. The minimum absolute atomic E-state index is 0.157. The number of halogens is 1. The van der Waals surface area contributed by atoms with Gasteiger partial charge < -0.3 is 10.2 Å². The summed E-state index contributed by atoms with van der Waals surface area (Å²) >= 11 is 0. The average molecular weight is 327 g/mol. The van der Waals surface area contributed by atoms with Gasteiger partial charge in [0.2, 0.25) is 0 Å². The van der Waals surface area contributed by atoms with Gasteiger partial charge in [0.25, 0.3) is 0 Å². The first-order valence-corrected chi connectivity index (χ1v) is 8.84. The summed E-state index contributed by atoms with van der Waals surface area (Å²) in [6, 6.07) is 10.2. The molecule has 1 aromatic heterocycles. The zero-order valence-electron chi connectivity index (χ0n) is 14.5. The Morgan fingerprint density at radius 1 is 1.21 bits per heavy atom. The van der Waals surface area contributed by atoms with Crippen molar-refractivity contribution in [2.24, 2.45) is 0 Å². The van der Waals surface area contributed by atoms with E-state index in [1.54, 1.807) is 12.1 Å². The van der Waals surface area contributed by atoms with Crippen molar-refractivity contribution in [3.05, 3.63) is 59.7 Å². The number of benzene rings is 1. The third-order valence-corrected chi connectivity index (χ3v) is 4.95. The first-order chi connectivity index (χ1) is 11.7. The molecule has 24 heavy (non-hydrogen) atoms. The Labute approximate surface area is 143 Å². The number of aromatic nitrogens is 1. The van der Waals surface area contributed by atoms with Crippen molar-refractivity contribution in [2.45, 2.75) is 45.2 Å². The first kappa shape index (κ1) is 16.9. The van der Waals surface area contributed by atoms with Crippen molar-refractivity contribution in [2.75, 3.05) is 18.0 Å². The Kier molecular flexibility index (Phi) is 5.46. The van der Waals surface area contributed by atoms with Crippen LogP contribution in [0.4, 0.5) is 10.1 Å². The summed E-state index contributed by atoms with van der Waals surface area (Å²) in [6.45, 7) is 6.22. The van der Waals surface area contributed by atoms with Crippen molar-refractivity contribution in [1.82, 2.24) is 10.3 Å². The van der Waals surface area contributed by atoms with Crippen LogP contribution < -0.4 is 10.2 Å². The maximum Gasteiger partial charge on any atom is 0.123 e. The SMILES string of the molecule is CCC(NC1CCN(c2ccc(F)cc2C)CC1)c1ccncc1. The quantitative estimate of drug-likeness (QED) is 0.890. The number of hydrogen-bond donors (Lipinski definition) is 1. The van der Waals surface area contributed by atoms with E-state index in [1.807, 2.05) is 25.4 Å². The van der Waals surface area contributed by atoms with Crippen LogP contribution in [0.2, 0.25) is 0 Å². The molecule has 1 aromatic carbocycles. The molecule has 1 aliphatic rings. The lowest BCUT2D eigenvalue weighted by Crippen LogP contribution is -2.43. The summed E-state index contributed by atoms with van der Waals surface area (Å²) < 4.78 is 13.3. The number of pyridine rings is 1. The van der Waals surface area contributed by atoms with E-state index in [2.05, 4.69) is 34.3 Å². The molecule has 0 saturated carbocycles. The molecule has 1 fully saturated rings. The smallest absolute Gasteiger partial charge is 0.123 e. The van der Waals surface area contributed by atoms with Crippen LogP contribution in [-0.4, -0.2) is 24.1 Å². The van der Waals surface area contributed by atoms with Gasteiger partial charge in [-0.3, -0.25) is 4.98 Å². The van der Waals surface area contributed by atoms with E-state index in [9.17, 15) is 4.39 Å². The Morgan fingerprint density at radius 3 is 2.54 bits per heavy atom. The van der Waals surface area contributed by atoms with Gasteiger partial charge in [0.05, 0.1) is 0 Å². The molecule has 128 valence electrons. The van der Waals surface area contributed by atoms with Gasteiger partial charge in [-0.1, -0.05) is 6.92 Å². The van der Waals surface area contributed by atoms with Gasteiger partial charge in [-0.25, -0.2) is 4.39 Å². The van der Waals surface area contributed by atoms with Crippen molar-refractivity contribution in [3.63, 3.8) is 0 Å². The average Bonchev–Trinajstić information content (AvgIpc) is 2.61. The number of aryl methyl sites for hydroxylation is 1. The Hall–Kier alpha value is -1.94. The monoisotopic (exact) mass is 327 g/mol. The molecule has 1 atom stereocenters. The third kappa shape index (κ3) is 3.93. The van der Waals surface area contributed by atoms with Crippen LogP contribution in [0.15, 0.2) is 42.7 Å². The van der Waals surface area contributed by atoms with Crippen molar-refractivity contribution < 1.29 is 4.39 Å². The summed E-state index contributed by atoms with van der Waals surface area (Å²) in [4.78, 5) is 6.48. The van der Waals surface area contributed by atoms with Crippen LogP contribution in [-0.2, 0) is 0 Å². The highest BCUT2D eigenvalue weighted by Crippen LogP contribution is 2.26. The fourth-order valence-corrected chi connectivity index (χ4v) is 3.59. The van der Waals surface area contributed by atoms with Gasteiger partial charge in [-0.2, -0.15) is 0 Å². The van der Waals surface area contributed by atoms with E-state index in [1.165, 1.54) is 5.56 Å². The standard InChI is InChI=1S/C20H26FN3/c1-3-19(16-6-10-22-11-7-16)23-18-8-12-24(13-9-18)20-5-4-17(21)14-15(20)2/h4-7,10-11,14,18-19,23H,3,8-9,12-13H2,1-2H3. The summed E-state index contributed by atoms with van der Waals surface area (Å²) in [6.07, 6.45) is 7.01. The number of piperidine rings is 1. The molecule has 0 amide bonds. The van der Waals surface area contributed by atoms with E-state index in [4.69, 9.17) is 0 Å². The fourth-order valence-electron chi connectivity index (χ4n) is 3.59. The minimum Gasteiger partial charge on any atom is -0.371 e. The molecule has 1 aliphatic heterocycles. The highest BCUT2D eigenvalue weighted by Gasteiger charge is 2.22. The predicted molar refractivity (Wildman–Crippen MR) is 96.8 cm³/mol. The Bertz CT molecular complexity index is 651. The van der Waals surface area contributed by atoms with Crippen molar-refractivity contribution >= 4 is 5.69 Å². The molecular weight excluding hydrogens is 301 g/mol. The molecule has 0 spiro atoms. The normalized spacial score (nSPS) is 17.0. The molecule has 2 heterocycles. The number of nitrogens with zero attached hydrogens (tertiary/aromatic N) is 2. The van der Waals surface area contributed by atoms with Crippen LogP contribution in [0.1, 0.15) is 43.4 Å². The van der Waals surface area contributed by atoms with Gasteiger partial charge in [-0.05, 0) is 67.6 Å². The number of hydrogen-bond acceptors (Lipinski definition) is 3. The second kappa shape index (κ2) is 7.75. The molecule has 1 saturated heterocycles. The molecule has 0 aliphatic carbocycles. The van der Waals surface area contributed by atoms with Crippen LogP contribution >= 0.6 is 0 Å². The van der Waals surface area contributed by atoms with Gasteiger partial charge in [0, 0.05) is 43.3 Å². The van der Waals surface area contributed by atoms with Gasteiger partial charge in [0.1, 0.15) is 5.82 Å². The maximum absolute atomic E-state index is 13.3. The fraction of sp³-hybridized carbons (Fsp3) is 0.450. The highest BCUT2D eigenvalue weighted by atomic mass is 19.1. The first-order valence-electron chi connectivity index (χ1n) is 8.84. The van der Waals surface area contributed by atoms with E-state index in [0.717, 1.165) is 43.6 Å². The summed E-state index contributed by atoms with van der Waals surface area (Å²) in [7, 11) is 0. The van der Waals surface area contributed by atoms with E-state index in [0.29, 0.717) is 12.1 Å². The number of anilines is 1. The topological polar surface area (TPSA) is 28.2 Å². The summed E-state index contributed by atoms with van der Waals surface area (Å²) in [5.41, 5.74) is 3.49. The van der Waals surface area contributed by atoms with Crippen LogP contribution in [0.5, 0.6) is 0 Å². The van der Waals surface area contributed by atoms with Crippen LogP contribution in [0.25, 0.3) is 0 Å². The summed E-state index contributed by atoms with van der Waals surface area (Å²) in [5, 5.41) is 3.80. The lowest BCUT2D eigenvalue weighted by Gasteiger charge is -2.36.